The molecule has 1 spiro atoms. The van der Waals surface area contributed by atoms with Crippen molar-refractivity contribution in [3.05, 3.63) is 95.4 Å². The predicted octanol–water partition coefficient (Wildman–Crippen LogP) is 4.17. The van der Waals surface area contributed by atoms with E-state index < -0.39 is 5.79 Å². The van der Waals surface area contributed by atoms with Crippen LogP contribution >= 0.6 is 0 Å². The van der Waals surface area contributed by atoms with Crippen molar-refractivity contribution in [2.24, 2.45) is 0 Å². The Bertz CT molecular complexity index is 1120. The first-order valence-corrected chi connectivity index (χ1v) is 13.4. The summed E-state index contributed by atoms with van der Waals surface area (Å²) in [6, 6.07) is 25.5. The van der Waals surface area contributed by atoms with Gasteiger partial charge in [-0.25, -0.2) is 0 Å². The van der Waals surface area contributed by atoms with E-state index in [0.717, 1.165) is 31.9 Å². The minimum Gasteiger partial charge on any atom is -0.455 e. The Morgan fingerprint density at radius 1 is 0.757 bits per heavy atom. The molecule has 1 amide bonds. The Balaban J connectivity index is 1.05. The van der Waals surface area contributed by atoms with E-state index in [2.05, 4.69) is 70.5 Å². The molecule has 0 bridgehead atoms. The molecule has 0 aliphatic carbocycles. The summed E-state index contributed by atoms with van der Waals surface area (Å²) in [4.78, 5) is 19.9. The fourth-order valence-corrected chi connectivity index (χ4v) is 5.85. The molecule has 1 aromatic heterocycles. The van der Waals surface area contributed by atoms with E-state index in [1.807, 2.05) is 17.0 Å². The second-order valence-corrected chi connectivity index (χ2v) is 10.2. The second-order valence-electron chi connectivity index (χ2n) is 10.2. The summed E-state index contributed by atoms with van der Waals surface area (Å²) in [5, 5.41) is 0. The van der Waals surface area contributed by atoms with Gasteiger partial charge in [-0.3, -0.25) is 14.6 Å². The zero-order chi connectivity index (χ0) is 25.1. The summed E-state index contributed by atoms with van der Waals surface area (Å²) >= 11 is 0. The van der Waals surface area contributed by atoms with Crippen molar-refractivity contribution in [2.45, 2.75) is 31.2 Å². The maximum Gasteiger partial charge on any atom is 0.289 e. The molecule has 6 rings (SSSR count). The van der Waals surface area contributed by atoms with Crippen LogP contribution in [-0.4, -0.2) is 78.9 Å². The van der Waals surface area contributed by atoms with Crippen LogP contribution in [0.1, 0.15) is 46.3 Å². The highest BCUT2D eigenvalue weighted by Gasteiger charge is 2.41. The molecule has 0 atom stereocenters. The van der Waals surface area contributed by atoms with Crippen LogP contribution in [0, 0.1) is 0 Å². The summed E-state index contributed by atoms with van der Waals surface area (Å²) in [5.74, 6) is 0.742. The van der Waals surface area contributed by atoms with Crippen molar-refractivity contribution >= 4 is 5.91 Å². The maximum absolute atomic E-state index is 13.0. The van der Waals surface area contributed by atoms with E-state index in [1.54, 1.807) is 0 Å². The molecule has 3 fully saturated rings. The smallest absolute Gasteiger partial charge is 0.289 e. The first kappa shape index (κ1) is 24.4. The van der Waals surface area contributed by atoms with Gasteiger partial charge in [0.1, 0.15) is 5.76 Å². The zero-order valence-electron chi connectivity index (χ0n) is 21.3. The van der Waals surface area contributed by atoms with E-state index >= 15 is 0 Å². The van der Waals surface area contributed by atoms with Gasteiger partial charge < -0.3 is 18.8 Å². The Labute approximate surface area is 218 Å². The lowest BCUT2D eigenvalue weighted by atomic mass is 9.96. The lowest BCUT2D eigenvalue weighted by molar-refractivity contribution is -0.181. The number of hydrogen-bond donors (Lipinski definition) is 0. The van der Waals surface area contributed by atoms with Gasteiger partial charge in [0.05, 0.1) is 25.8 Å². The largest absolute Gasteiger partial charge is 0.455 e. The third kappa shape index (κ3) is 5.36. The number of piperazine rings is 1. The van der Waals surface area contributed by atoms with Crippen molar-refractivity contribution in [3.8, 4) is 0 Å². The van der Waals surface area contributed by atoms with Crippen LogP contribution in [0.4, 0.5) is 0 Å². The maximum atomic E-state index is 13.0. The highest BCUT2D eigenvalue weighted by molar-refractivity contribution is 5.91. The van der Waals surface area contributed by atoms with Crippen molar-refractivity contribution < 1.29 is 18.7 Å². The van der Waals surface area contributed by atoms with Crippen molar-refractivity contribution in [1.29, 1.82) is 0 Å². The Hall–Kier alpha value is -2.97. The first-order valence-electron chi connectivity index (χ1n) is 13.4. The van der Waals surface area contributed by atoms with E-state index in [1.165, 1.54) is 11.1 Å². The van der Waals surface area contributed by atoms with Crippen LogP contribution in [0.15, 0.2) is 77.2 Å². The van der Waals surface area contributed by atoms with Crippen LogP contribution in [0.5, 0.6) is 0 Å². The molecule has 3 aliphatic rings. The number of rotatable bonds is 6. The number of amides is 1. The lowest BCUT2D eigenvalue weighted by Crippen LogP contribution is -2.47. The molecule has 3 aliphatic heterocycles. The van der Waals surface area contributed by atoms with Crippen LogP contribution in [-0.2, 0) is 16.0 Å². The lowest BCUT2D eigenvalue weighted by Gasteiger charge is -2.39. The zero-order valence-corrected chi connectivity index (χ0v) is 21.3. The van der Waals surface area contributed by atoms with Crippen LogP contribution in [0.25, 0.3) is 0 Å². The van der Waals surface area contributed by atoms with Gasteiger partial charge in [0.25, 0.3) is 5.91 Å². The van der Waals surface area contributed by atoms with Crippen LogP contribution in [0.2, 0.25) is 0 Å². The van der Waals surface area contributed by atoms with Crippen molar-refractivity contribution in [1.82, 2.24) is 14.7 Å². The molecule has 37 heavy (non-hydrogen) atoms. The van der Waals surface area contributed by atoms with E-state index in [9.17, 15) is 4.79 Å². The summed E-state index contributed by atoms with van der Waals surface area (Å²) in [7, 11) is 0. The average Bonchev–Trinajstić information content (AvgIpc) is 3.61. The number of nitrogens with zero attached hydrogens (tertiary/aromatic N) is 3. The van der Waals surface area contributed by atoms with Crippen LogP contribution < -0.4 is 0 Å². The van der Waals surface area contributed by atoms with Crippen molar-refractivity contribution in [3.63, 3.8) is 0 Å². The molecule has 0 N–H and O–H groups in total. The van der Waals surface area contributed by atoms with Crippen molar-refractivity contribution in [2.75, 3.05) is 52.5 Å². The number of benzene rings is 2. The van der Waals surface area contributed by atoms with E-state index in [-0.39, 0.29) is 11.9 Å². The molecule has 0 unspecified atom stereocenters. The summed E-state index contributed by atoms with van der Waals surface area (Å²) in [6.07, 6.45) is 1.42. The number of carbonyl (C=O) groups is 1. The normalized spacial score (nSPS) is 20.6. The standard InChI is InChI=1S/C30H35N3O4/c34-29(33-15-13-30(14-16-33)35-21-22-36-30)27-12-11-26(37-27)23-31-17-19-32(20-18-31)28(24-7-3-1-4-8-24)25-9-5-2-6-10-25/h1-12,28H,13-23H2. The second kappa shape index (κ2) is 10.8. The highest BCUT2D eigenvalue weighted by Crippen LogP contribution is 2.32. The van der Waals surface area contributed by atoms with Gasteiger partial charge in [-0.1, -0.05) is 60.7 Å². The molecule has 7 nitrogen and oxygen atoms in total. The number of likely N-dealkylation sites (tertiary alicyclic amines) is 1. The van der Waals surface area contributed by atoms with Gasteiger partial charge in [0.15, 0.2) is 11.5 Å². The van der Waals surface area contributed by atoms with Gasteiger partial charge in [0, 0.05) is 52.1 Å². The number of carbonyl (C=O) groups excluding carboxylic acids is 1. The topological polar surface area (TPSA) is 58.4 Å². The summed E-state index contributed by atoms with van der Waals surface area (Å²) in [6.45, 7) is 7.10. The number of ether oxygens (including phenoxy) is 2. The fourth-order valence-electron chi connectivity index (χ4n) is 5.85. The minimum absolute atomic E-state index is 0.0440. The Morgan fingerprint density at radius 3 is 1.95 bits per heavy atom. The third-order valence-electron chi connectivity index (χ3n) is 7.88. The molecule has 3 saturated heterocycles. The molecule has 3 aromatic rings. The van der Waals surface area contributed by atoms with Gasteiger partial charge in [0.2, 0.25) is 0 Å². The molecule has 4 heterocycles. The van der Waals surface area contributed by atoms with Gasteiger partial charge >= 0.3 is 0 Å². The molecular weight excluding hydrogens is 466 g/mol. The van der Waals surface area contributed by atoms with Gasteiger partial charge in [-0.15, -0.1) is 0 Å². The molecule has 0 radical (unpaired) electrons. The fraction of sp³-hybridized carbons (Fsp3) is 0.433. The molecule has 194 valence electrons. The molecule has 7 heteroatoms. The Morgan fingerprint density at radius 2 is 1.35 bits per heavy atom. The number of furan rings is 1. The molecular formula is C30H35N3O4. The third-order valence-corrected chi connectivity index (χ3v) is 7.88. The number of piperidine rings is 1. The monoisotopic (exact) mass is 501 g/mol. The van der Waals surface area contributed by atoms with Gasteiger partial charge in [-0.2, -0.15) is 0 Å². The Kier molecular flexibility index (Phi) is 7.11. The van der Waals surface area contributed by atoms with Crippen LogP contribution in [0.3, 0.4) is 0 Å². The van der Waals surface area contributed by atoms with E-state index in [4.69, 9.17) is 13.9 Å². The SMILES string of the molecule is O=C(c1ccc(CN2CCN(C(c3ccccc3)c3ccccc3)CC2)o1)N1CCC2(CC1)OCCO2. The molecule has 2 aromatic carbocycles. The van der Waals surface area contributed by atoms with Gasteiger partial charge in [-0.05, 0) is 23.3 Å². The first-order chi connectivity index (χ1) is 18.2. The predicted molar refractivity (Wildman–Crippen MR) is 140 cm³/mol. The highest BCUT2D eigenvalue weighted by atomic mass is 16.7. The molecule has 0 saturated carbocycles. The minimum atomic E-state index is -0.479. The number of hydrogen-bond acceptors (Lipinski definition) is 6. The quantitative estimate of drug-likeness (QED) is 0.506. The average molecular weight is 502 g/mol. The summed E-state index contributed by atoms with van der Waals surface area (Å²) in [5.41, 5.74) is 2.65. The van der Waals surface area contributed by atoms with E-state index in [0.29, 0.717) is 51.4 Å². The summed E-state index contributed by atoms with van der Waals surface area (Å²) < 4.78 is 17.6.